The highest BCUT2D eigenvalue weighted by atomic mass is 16.5. The number of piperidine rings is 1. The first-order valence-corrected chi connectivity index (χ1v) is 8.27. The van der Waals surface area contributed by atoms with E-state index in [9.17, 15) is 0 Å². The van der Waals surface area contributed by atoms with Crippen molar-refractivity contribution in [2.24, 2.45) is 5.92 Å². The van der Waals surface area contributed by atoms with Crippen LogP contribution in [0.25, 0.3) is 0 Å². The summed E-state index contributed by atoms with van der Waals surface area (Å²) in [7, 11) is 0. The van der Waals surface area contributed by atoms with Gasteiger partial charge in [0.2, 0.25) is 0 Å². The summed E-state index contributed by atoms with van der Waals surface area (Å²) in [5.41, 5.74) is 1.40. The van der Waals surface area contributed by atoms with E-state index in [2.05, 4.69) is 17.9 Å². The molecule has 1 aromatic rings. The maximum atomic E-state index is 6.21. The fraction of sp³-hybridized carbons (Fsp3) is 0.765. The largest absolute Gasteiger partial charge is 0.472 e. The van der Waals surface area contributed by atoms with Crippen LogP contribution in [0.15, 0.2) is 23.0 Å². The van der Waals surface area contributed by atoms with Gasteiger partial charge in [-0.1, -0.05) is 0 Å². The van der Waals surface area contributed by atoms with Gasteiger partial charge < -0.3 is 13.9 Å². The smallest absolute Gasteiger partial charge is 0.0947 e. The molecule has 2 aliphatic rings. The Morgan fingerprint density at radius 1 is 1.38 bits per heavy atom. The molecule has 1 atom stereocenters. The van der Waals surface area contributed by atoms with Crippen molar-refractivity contribution in [3.8, 4) is 0 Å². The Labute approximate surface area is 127 Å². The third-order valence-corrected chi connectivity index (χ3v) is 5.10. The molecule has 0 bridgehead atoms. The van der Waals surface area contributed by atoms with Gasteiger partial charge in [-0.25, -0.2) is 0 Å². The Bertz CT molecular complexity index is 410. The lowest BCUT2D eigenvalue weighted by molar-refractivity contribution is -0.0728. The average Bonchev–Trinajstić information content (AvgIpc) is 3.13. The summed E-state index contributed by atoms with van der Waals surface area (Å²) < 4.78 is 16.9. The molecule has 1 aromatic heterocycles. The molecule has 0 N–H and O–H groups in total. The molecule has 4 nitrogen and oxygen atoms in total. The van der Waals surface area contributed by atoms with E-state index in [1.54, 1.807) is 6.26 Å². The monoisotopic (exact) mass is 293 g/mol. The summed E-state index contributed by atoms with van der Waals surface area (Å²) >= 11 is 0. The van der Waals surface area contributed by atoms with E-state index in [1.165, 1.54) is 12.0 Å². The van der Waals surface area contributed by atoms with Crippen molar-refractivity contribution in [2.75, 3.05) is 32.9 Å². The number of ether oxygens (including phenoxy) is 2. The van der Waals surface area contributed by atoms with Crippen LogP contribution in [0.2, 0.25) is 0 Å². The Kier molecular flexibility index (Phi) is 4.99. The van der Waals surface area contributed by atoms with Gasteiger partial charge in [0.25, 0.3) is 0 Å². The number of hydrogen-bond acceptors (Lipinski definition) is 4. The first kappa shape index (κ1) is 15.1. The van der Waals surface area contributed by atoms with Crippen molar-refractivity contribution >= 4 is 0 Å². The molecule has 0 aromatic carbocycles. The summed E-state index contributed by atoms with van der Waals surface area (Å²) in [5.74, 6) is 0.681. The van der Waals surface area contributed by atoms with Crippen LogP contribution in [-0.2, 0) is 16.0 Å². The van der Waals surface area contributed by atoms with Crippen LogP contribution in [-0.4, -0.2) is 43.4 Å². The molecule has 2 saturated heterocycles. The first-order chi connectivity index (χ1) is 10.3. The highest BCUT2D eigenvalue weighted by molar-refractivity contribution is 5.06. The maximum absolute atomic E-state index is 6.21. The molecule has 0 radical (unpaired) electrons. The van der Waals surface area contributed by atoms with Crippen LogP contribution in [0.4, 0.5) is 0 Å². The molecule has 118 valence electrons. The van der Waals surface area contributed by atoms with E-state index >= 15 is 0 Å². The van der Waals surface area contributed by atoms with Gasteiger partial charge in [-0.05, 0) is 44.6 Å². The Morgan fingerprint density at radius 2 is 2.24 bits per heavy atom. The van der Waals surface area contributed by atoms with Crippen molar-refractivity contribution in [1.29, 1.82) is 0 Å². The predicted octanol–water partition coefficient (Wildman–Crippen LogP) is 3.08. The lowest BCUT2D eigenvalue weighted by Crippen LogP contribution is -2.47. The Balaban J connectivity index is 1.51. The van der Waals surface area contributed by atoms with Crippen molar-refractivity contribution < 1.29 is 13.9 Å². The topological polar surface area (TPSA) is 34.8 Å². The third-order valence-electron chi connectivity index (χ3n) is 5.10. The molecular formula is C17H27NO3. The molecule has 3 rings (SSSR count). The van der Waals surface area contributed by atoms with Gasteiger partial charge in [0.05, 0.1) is 18.1 Å². The molecule has 0 unspecified atom stereocenters. The van der Waals surface area contributed by atoms with Gasteiger partial charge >= 0.3 is 0 Å². The number of furan rings is 1. The summed E-state index contributed by atoms with van der Waals surface area (Å²) in [5, 5.41) is 0. The van der Waals surface area contributed by atoms with Crippen LogP contribution in [0.3, 0.4) is 0 Å². The quantitative estimate of drug-likeness (QED) is 0.755. The maximum Gasteiger partial charge on any atom is 0.0947 e. The van der Waals surface area contributed by atoms with Gasteiger partial charge in [0.1, 0.15) is 0 Å². The molecule has 0 aliphatic carbocycles. The zero-order valence-corrected chi connectivity index (χ0v) is 13.1. The molecule has 1 spiro atoms. The fourth-order valence-electron chi connectivity index (χ4n) is 3.85. The van der Waals surface area contributed by atoms with Crippen LogP contribution in [0.1, 0.15) is 38.2 Å². The highest BCUT2D eigenvalue weighted by Gasteiger charge is 2.45. The van der Waals surface area contributed by atoms with Gasteiger partial charge in [-0.3, -0.25) is 4.90 Å². The lowest BCUT2D eigenvalue weighted by atomic mass is 9.78. The Morgan fingerprint density at radius 3 is 2.95 bits per heavy atom. The molecule has 0 saturated carbocycles. The second-order valence-corrected chi connectivity index (χ2v) is 6.29. The minimum atomic E-state index is 0.129. The molecule has 3 heterocycles. The van der Waals surface area contributed by atoms with Gasteiger partial charge in [0, 0.05) is 45.0 Å². The molecule has 21 heavy (non-hydrogen) atoms. The van der Waals surface area contributed by atoms with Crippen molar-refractivity contribution in [1.82, 2.24) is 4.90 Å². The minimum Gasteiger partial charge on any atom is -0.472 e. The normalized spacial score (nSPS) is 25.7. The van der Waals surface area contributed by atoms with Crippen molar-refractivity contribution in [3.05, 3.63) is 24.2 Å². The second kappa shape index (κ2) is 6.95. The molecule has 2 fully saturated rings. The highest BCUT2D eigenvalue weighted by Crippen LogP contribution is 2.42. The van der Waals surface area contributed by atoms with E-state index in [4.69, 9.17) is 13.9 Å². The van der Waals surface area contributed by atoms with Gasteiger partial charge in [-0.2, -0.15) is 0 Å². The molecular weight excluding hydrogens is 266 g/mol. The van der Waals surface area contributed by atoms with Crippen molar-refractivity contribution in [2.45, 2.75) is 44.8 Å². The summed E-state index contributed by atoms with van der Waals surface area (Å²) in [6.07, 6.45) is 8.26. The standard InChI is InChI=1S/C17H27NO3/c1-2-19-11-4-16-5-12-21-17(16)6-8-18(9-7-17)13-15-3-10-20-14-15/h3,10,14,16H,2,4-9,11-13H2,1H3/t16-/m1/s1. The van der Waals surface area contributed by atoms with Crippen LogP contribution in [0.5, 0.6) is 0 Å². The van der Waals surface area contributed by atoms with E-state index in [0.717, 1.165) is 58.7 Å². The summed E-state index contributed by atoms with van der Waals surface area (Å²) in [6.45, 7) is 7.93. The number of nitrogens with zero attached hydrogens (tertiary/aromatic N) is 1. The predicted molar refractivity (Wildman–Crippen MR) is 81.1 cm³/mol. The van der Waals surface area contributed by atoms with E-state index < -0.39 is 0 Å². The van der Waals surface area contributed by atoms with Crippen LogP contribution >= 0.6 is 0 Å². The lowest BCUT2D eigenvalue weighted by Gasteiger charge is -2.42. The third kappa shape index (κ3) is 3.50. The SMILES string of the molecule is CCOCC[C@@H]1CCOC12CCN(Cc1ccoc1)CC2. The number of rotatable bonds is 6. The zero-order chi connectivity index (χ0) is 14.5. The first-order valence-electron chi connectivity index (χ1n) is 8.27. The molecule has 0 amide bonds. The van der Waals surface area contributed by atoms with Crippen LogP contribution in [0, 0.1) is 5.92 Å². The Hall–Kier alpha value is -0.840. The average molecular weight is 293 g/mol. The molecule has 2 aliphatic heterocycles. The van der Waals surface area contributed by atoms with Gasteiger partial charge in [0.15, 0.2) is 0 Å². The minimum absolute atomic E-state index is 0.129. The van der Waals surface area contributed by atoms with E-state index in [1.807, 2.05) is 6.26 Å². The molecule has 4 heteroatoms. The summed E-state index contributed by atoms with van der Waals surface area (Å²) in [6, 6.07) is 2.06. The zero-order valence-electron chi connectivity index (χ0n) is 13.1. The van der Waals surface area contributed by atoms with E-state index in [0.29, 0.717) is 5.92 Å². The van der Waals surface area contributed by atoms with Gasteiger partial charge in [-0.15, -0.1) is 0 Å². The second-order valence-electron chi connectivity index (χ2n) is 6.29. The van der Waals surface area contributed by atoms with Crippen molar-refractivity contribution in [3.63, 3.8) is 0 Å². The number of likely N-dealkylation sites (tertiary alicyclic amines) is 1. The summed E-state index contributed by atoms with van der Waals surface area (Å²) in [4.78, 5) is 2.51. The fourth-order valence-corrected chi connectivity index (χ4v) is 3.85. The number of hydrogen-bond donors (Lipinski definition) is 0. The van der Waals surface area contributed by atoms with E-state index in [-0.39, 0.29) is 5.60 Å². The van der Waals surface area contributed by atoms with Crippen LogP contribution < -0.4 is 0 Å².